The molecule has 8 heteroatoms. The first-order chi connectivity index (χ1) is 14.7. The van der Waals surface area contributed by atoms with Gasteiger partial charge in [-0.3, -0.25) is 4.57 Å². The average Bonchev–Trinajstić information content (AvgIpc) is 3.13. The Kier molecular flexibility index (Phi) is 5.56. The first-order valence-corrected chi connectivity index (χ1v) is 10.3. The zero-order valence-corrected chi connectivity index (χ0v) is 17.9. The minimum atomic E-state index is -2.69. The van der Waals surface area contributed by atoms with Crippen LogP contribution in [0.25, 0.3) is 22.4 Å². The summed E-state index contributed by atoms with van der Waals surface area (Å²) >= 11 is 0. The molecule has 0 aliphatic carbocycles. The fourth-order valence-electron chi connectivity index (χ4n) is 3.76. The van der Waals surface area contributed by atoms with Gasteiger partial charge in [0.25, 0.3) is 0 Å². The zero-order chi connectivity index (χ0) is 22.2. The van der Waals surface area contributed by atoms with E-state index in [1.807, 2.05) is 39.0 Å². The predicted octanol–water partition coefficient (Wildman–Crippen LogP) is 5.16. The SMILES string of the molecule is CC(C)(C)OC(=O)N1CCN(c2cccc(-c3nc4ccccc4n3C(F)F)c2)CC1. The van der Waals surface area contributed by atoms with Crippen LogP contribution in [0.2, 0.25) is 0 Å². The van der Waals surface area contributed by atoms with Gasteiger partial charge < -0.3 is 14.5 Å². The van der Waals surface area contributed by atoms with Crippen molar-refractivity contribution in [3.8, 4) is 11.4 Å². The first-order valence-electron chi connectivity index (χ1n) is 10.3. The summed E-state index contributed by atoms with van der Waals surface area (Å²) in [5, 5.41) is 0. The van der Waals surface area contributed by atoms with Crippen molar-refractivity contribution in [1.29, 1.82) is 0 Å². The number of para-hydroxylation sites is 2. The number of carbonyl (C=O) groups is 1. The number of aromatic nitrogens is 2. The smallest absolute Gasteiger partial charge is 0.410 e. The highest BCUT2D eigenvalue weighted by Crippen LogP contribution is 2.31. The fraction of sp³-hybridized carbons (Fsp3) is 0.391. The summed E-state index contributed by atoms with van der Waals surface area (Å²) in [4.78, 5) is 20.6. The lowest BCUT2D eigenvalue weighted by atomic mass is 10.1. The van der Waals surface area contributed by atoms with Gasteiger partial charge in [-0.05, 0) is 45.0 Å². The topological polar surface area (TPSA) is 50.6 Å². The molecule has 0 saturated carbocycles. The van der Waals surface area contributed by atoms with Gasteiger partial charge in [0.15, 0.2) is 0 Å². The van der Waals surface area contributed by atoms with E-state index >= 15 is 0 Å². The van der Waals surface area contributed by atoms with Gasteiger partial charge in [0.1, 0.15) is 11.4 Å². The molecule has 0 spiro atoms. The quantitative estimate of drug-likeness (QED) is 0.579. The molecule has 0 bridgehead atoms. The van der Waals surface area contributed by atoms with Crippen molar-refractivity contribution < 1.29 is 18.3 Å². The third-order valence-corrected chi connectivity index (χ3v) is 5.19. The van der Waals surface area contributed by atoms with E-state index in [0.29, 0.717) is 42.8 Å². The number of imidazole rings is 1. The van der Waals surface area contributed by atoms with Crippen molar-refractivity contribution in [3.05, 3.63) is 48.5 Å². The lowest BCUT2D eigenvalue weighted by Gasteiger charge is -2.36. The molecule has 1 aliphatic rings. The van der Waals surface area contributed by atoms with Crippen LogP contribution < -0.4 is 4.90 Å². The molecule has 1 aromatic heterocycles. The van der Waals surface area contributed by atoms with Gasteiger partial charge in [-0.1, -0.05) is 24.3 Å². The summed E-state index contributed by atoms with van der Waals surface area (Å²) in [5.74, 6) is 0.241. The number of hydrogen-bond acceptors (Lipinski definition) is 4. The Labute approximate surface area is 180 Å². The van der Waals surface area contributed by atoms with E-state index in [9.17, 15) is 13.6 Å². The second kappa shape index (κ2) is 8.17. The summed E-state index contributed by atoms with van der Waals surface area (Å²) < 4.78 is 34.1. The number of carbonyl (C=O) groups excluding carboxylic acids is 1. The molecule has 1 amide bonds. The van der Waals surface area contributed by atoms with Crippen LogP contribution in [0.1, 0.15) is 27.3 Å². The number of piperazine rings is 1. The van der Waals surface area contributed by atoms with Crippen LogP contribution in [-0.2, 0) is 4.74 Å². The largest absolute Gasteiger partial charge is 0.444 e. The van der Waals surface area contributed by atoms with Crippen LogP contribution in [-0.4, -0.2) is 52.3 Å². The molecule has 6 nitrogen and oxygen atoms in total. The fourth-order valence-corrected chi connectivity index (χ4v) is 3.76. The van der Waals surface area contributed by atoms with Gasteiger partial charge in [-0.25, -0.2) is 9.78 Å². The second-order valence-corrected chi connectivity index (χ2v) is 8.58. The molecule has 1 saturated heterocycles. The summed E-state index contributed by atoms with van der Waals surface area (Å²) in [5.41, 5.74) is 1.95. The van der Waals surface area contributed by atoms with Crippen LogP contribution >= 0.6 is 0 Å². The maximum atomic E-state index is 13.8. The van der Waals surface area contributed by atoms with Crippen molar-refractivity contribution in [3.63, 3.8) is 0 Å². The Morgan fingerprint density at radius 3 is 2.42 bits per heavy atom. The van der Waals surface area contributed by atoms with E-state index in [4.69, 9.17) is 4.74 Å². The molecule has 4 rings (SSSR count). The van der Waals surface area contributed by atoms with Crippen LogP contribution in [0.4, 0.5) is 19.3 Å². The minimum Gasteiger partial charge on any atom is -0.444 e. The Hall–Kier alpha value is -3.16. The van der Waals surface area contributed by atoms with E-state index in [1.54, 1.807) is 35.2 Å². The highest BCUT2D eigenvalue weighted by Gasteiger charge is 2.26. The number of benzene rings is 2. The van der Waals surface area contributed by atoms with E-state index < -0.39 is 12.2 Å². The van der Waals surface area contributed by atoms with Gasteiger partial charge in [-0.15, -0.1) is 0 Å². The van der Waals surface area contributed by atoms with Crippen LogP contribution in [0.15, 0.2) is 48.5 Å². The molecule has 1 aliphatic heterocycles. The normalized spacial score (nSPS) is 15.0. The van der Waals surface area contributed by atoms with Gasteiger partial charge >= 0.3 is 12.6 Å². The van der Waals surface area contributed by atoms with Crippen molar-refractivity contribution >= 4 is 22.8 Å². The monoisotopic (exact) mass is 428 g/mol. The number of rotatable bonds is 3. The number of amides is 1. The van der Waals surface area contributed by atoms with Crippen molar-refractivity contribution in [1.82, 2.24) is 14.5 Å². The van der Waals surface area contributed by atoms with Crippen LogP contribution in [0.5, 0.6) is 0 Å². The van der Waals surface area contributed by atoms with E-state index in [2.05, 4.69) is 9.88 Å². The second-order valence-electron chi connectivity index (χ2n) is 8.58. The zero-order valence-electron chi connectivity index (χ0n) is 17.9. The molecule has 0 N–H and O–H groups in total. The maximum absolute atomic E-state index is 13.8. The van der Waals surface area contributed by atoms with Crippen LogP contribution in [0.3, 0.4) is 0 Å². The van der Waals surface area contributed by atoms with E-state index in [-0.39, 0.29) is 11.9 Å². The molecule has 0 unspecified atom stereocenters. The molecule has 31 heavy (non-hydrogen) atoms. The molecule has 2 heterocycles. The number of hydrogen-bond donors (Lipinski definition) is 0. The molecule has 0 radical (unpaired) electrons. The van der Waals surface area contributed by atoms with Gasteiger partial charge in [0.05, 0.1) is 11.0 Å². The molecular weight excluding hydrogens is 402 g/mol. The Morgan fingerprint density at radius 2 is 1.74 bits per heavy atom. The Morgan fingerprint density at radius 1 is 1.03 bits per heavy atom. The minimum absolute atomic E-state index is 0.241. The predicted molar refractivity (Wildman–Crippen MR) is 116 cm³/mol. The molecule has 1 fully saturated rings. The molecule has 0 atom stereocenters. The lowest BCUT2D eigenvalue weighted by Crippen LogP contribution is -2.50. The lowest BCUT2D eigenvalue weighted by molar-refractivity contribution is 0.0240. The third-order valence-electron chi connectivity index (χ3n) is 5.19. The molecule has 164 valence electrons. The highest BCUT2D eigenvalue weighted by molar-refractivity contribution is 5.81. The Bertz CT molecular complexity index is 1080. The molecule has 2 aromatic carbocycles. The van der Waals surface area contributed by atoms with Crippen molar-refractivity contribution in [2.24, 2.45) is 0 Å². The third kappa shape index (κ3) is 4.47. The highest BCUT2D eigenvalue weighted by atomic mass is 19.3. The summed E-state index contributed by atoms with van der Waals surface area (Å²) in [6, 6.07) is 14.4. The summed E-state index contributed by atoms with van der Waals surface area (Å²) in [6.45, 7) is 5.19. The first kappa shape index (κ1) is 21.1. The molecular formula is C23H26F2N4O2. The molecule has 3 aromatic rings. The van der Waals surface area contributed by atoms with Gasteiger partial charge in [0, 0.05) is 37.4 Å². The standard InChI is InChI=1S/C23H26F2N4O2/c1-23(2,3)31-22(30)28-13-11-27(12-14-28)17-8-6-7-16(15-17)20-26-18-9-4-5-10-19(18)29(20)21(24)25/h4-10,15,21H,11-14H2,1-3H3. The average molecular weight is 428 g/mol. The van der Waals surface area contributed by atoms with Crippen molar-refractivity contribution in [2.45, 2.75) is 32.9 Å². The van der Waals surface area contributed by atoms with Crippen molar-refractivity contribution in [2.75, 3.05) is 31.1 Å². The number of halogens is 2. The Balaban J connectivity index is 1.55. The van der Waals surface area contributed by atoms with Gasteiger partial charge in [0.2, 0.25) is 0 Å². The number of anilines is 1. The van der Waals surface area contributed by atoms with Gasteiger partial charge in [-0.2, -0.15) is 8.78 Å². The maximum Gasteiger partial charge on any atom is 0.410 e. The summed E-state index contributed by atoms with van der Waals surface area (Å²) in [7, 11) is 0. The van der Waals surface area contributed by atoms with Crippen LogP contribution in [0, 0.1) is 0 Å². The number of nitrogens with zero attached hydrogens (tertiary/aromatic N) is 4. The number of ether oxygens (including phenoxy) is 1. The van der Waals surface area contributed by atoms with E-state index in [1.165, 1.54) is 0 Å². The number of alkyl halides is 2. The summed E-state index contributed by atoms with van der Waals surface area (Å²) in [6.07, 6.45) is -0.313. The van der Waals surface area contributed by atoms with E-state index in [0.717, 1.165) is 10.3 Å². The number of fused-ring (bicyclic) bond motifs is 1.